The van der Waals surface area contributed by atoms with Crippen molar-refractivity contribution in [3.63, 3.8) is 0 Å². The normalized spacial score (nSPS) is 32.0. The number of rotatable bonds is 9. The number of nitrogens with one attached hydrogen (secondary N) is 1. The number of carboxylic acid groups (broad SMARTS) is 1. The highest BCUT2D eigenvalue weighted by atomic mass is 16.7. The highest BCUT2D eigenvalue weighted by Crippen LogP contribution is 2.41. The fourth-order valence-electron chi connectivity index (χ4n) is 7.14. The zero-order valence-electron chi connectivity index (χ0n) is 27.4. The van der Waals surface area contributed by atoms with Gasteiger partial charge in [-0.2, -0.15) is 0 Å². The Morgan fingerprint density at radius 1 is 1.06 bits per heavy atom. The van der Waals surface area contributed by atoms with Crippen molar-refractivity contribution in [2.45, 2.75) is 106 Å². The van der Waals surface area contributed by atoms with E-state index in [0.29, 0.717) is 11.4 Å². The van der Waals surface area contributed by atoms with Gasteiger partial charge in [0, 0.05) is 30.9 Å². The predicted molar refractivity (Wildman–Crippen MR) is 172 cm³/mol. The number of nitrogens with zero attached hydrogens (tertiary/aromatic N) is 3. The number of carboxylic acids is 1. The van der Waals surface area contributed by atoms with Gasteiger partial charge in [0.1, 0.15) is 36.2 Å². The van der Waals surface area contributed by atoms with Crippen LogP contribution in [0, 0.1) is 0 Å². The molecular weight excluding hydrogens is 656 g/mol. The summed E-state index contributed by atoms with van der Waals surface area (Å²) in [5.74, 6) is -4.90. The standard InChI is InChI=1S/C34H42N4O12/c1-16-11-18-7-3-4-9-20(18)27-29(21-10-6-5-8-19(16)21)38(37-36-27)14-24(42)31(45)32-28(35-17(2)39)23(41)13-34(50-32,33(46)47)48-15-25-30(44)22(40)12-26(43)49-25/h3-10,16,22-26,28,30-32,40-45H,11-15H2,1-2H3,(H,35,39)(H,46,47). The van der Waals surface area contributed by atoms with Crippen molar-refractivity contribution in [3.8, 4) is 22.5 Å². The number of amides is 1. The van der Waals surface area contributed by atoms with Gasteiger partial charge in [0.05, 0.1) is 37.1 Å². The molecule has 2 fully saturated rings. The number of fused-ring (bicyclic) bond motifs is 5. The van der Waals surface area contributed by atoms with Crippen LogP contribution < -0.4 is 5.32 Å². The molecule has 2 aromatic carbocycles. The molecule has 16 heteroatoms. The zero-order valence-corrected chi connectivity index (χ0v) is 27.4. The predicted octanol–water partition coefficient (Wildman–Crippen LogP) is -0.725. The quantitative estimate of drug-likeness (QED) is 0.137. The van der Waals surface area contributed by atoms with Gasteiger partial charge < -0.3 is 55.3 Å². The SMILES string of the molecule is CC(=O)NC1C(O)CC(OCC2OC(O)CC(O)C2O)(C(=O)O)OC1C(O)C(O)Cn1nnc2c1-c1ccccc1C(C)Cc1ccccc1-2. The number of aliphatic carboxylic acids is 1. The van der Waals surface area contributed by atoms with Gasteiger partial charge in [0.15, 0.2) is 6.29 Å². The van der Waals surface area contributed by atoms with E-state index in [1.165, 1.54) is 4.68 Å². The molecule has 1 amide bonds. The first-order valence-electron chi connectivity index (χ1n) is 16.5. The van der Waals surface area contributed by atoms with Crippen LogP contribution in [0.25, 0.3) is 22.5 Å². The number of aliphatic hydroxyl groups excluding tert-OH is 6. The second-order valence-corrected chi connectivity index (χ2v) is 13.2. The third kappa shape index (κ3) is 6.90. The third-order valence-electron chi connectivity index (χ3n) is 9.67. The van der Waals surface area contributed by atoms with Gasteiger partial charge >= 0.3 is 5.97 Å². The molecule has 0 bridgehead atoms. The average molecular weight is 699 g/mol. The molecule has 50 heavy (non-hydrogen) atoms. The number of hydrogen-bond donors (Lipinski definition) is 8. The van der Waals surface area contributed by atoms with Crippen LogP contribution in [0.3, 0.4) is 0 Å². The second-order valence-electron chi connectivity index (χ2n) is 13.2. The Morgan fingerprint density at radius 3 is 2.48 bits per heavy atom. The molecule has 11 unspecified atom stereocenters. The van der Waals surface area contributed by atoms with E-state index in [1.54, 1.807) is 0 Å². The lowest BCUT2D eigenvalue weighted by Crippen LogP contribution is -2.68. The first-order chi connectivity index (χ1) is 23.8. The van der Waals surface area contributed by atoms with Crippen molar-refractivity contribution in [1.29, 1.82) is 0 Å². The summed E-state index contributed by atoms with van der Waals surface area (Å²) in [6.07, 6.45) is -13.1. The van der Waals surface area contributed by atoms with Gasteiger partial charge in [-0.25, -0.2) is 9.48 Å². The largest absolute Gasteiger partial charge is 0.477 e. The minimum absolute atomic E-state index is 0.116. The van der Waals surface area contributed by atoms with Gasteiger partial charge in [-0.05, 0) is 23.5 Å². The molecule has 11 atom stereocenters. The molecule has 1 aromatic heterocycles. The molecule has 0 spiro atoms. The average Bonchev–Trinajstić information content (AvgIpc) is 3.48. The van der Waals surface area contributed by atoms with E-state index in [1.807, 2.05) is 48.5 Å². The van der Waals surface area contributed by atoms with Crippen molar-refractivity contribution >= 4 is 11.9 Å². The maximum absolute atomic E-state index is 12.7. The molecule has 3 aromatic rings. The van der Waals surface area contributed by atoms with Crippen LogP contribution in [0.5, 0.6) is 0 Å². The van der Waals surface area contributed by atoms with E-state index in [0.717, 1.165) is 35.6 Å². The number of carbonyl (C=O) groups is 2. The van der Waals surface area contributed by atoms with Crippen molar-refractivity contribution < 1.29 is 59.5 Å². The lowest BCUT2D eigenvalue weighted by Gasteiger charge is -2.47. The number of hydrogen-bond acceptors (Lipinski definition) is 13. The van der Waals surface area contributed by atoms with Crippen molar-refractivity contribution in [2.75, 3.05) is 6.61 Å². The lowest BCUT2D eigenvalue weighted by molar-refractivity contribution is -0.326. The van der Waals surface area contributed by atoms with E-state index < -0.39 is 85.8 Å². The zero-order chi connectivity index (χ0) is 35.9. The Bertz CT molecular complexity index is 1700. The molecule has 16 nitrogen and oxygen atoms in total. The molecule has 270 valence electrons. The van der Waals surface area contributed by atoms with Gasteiger partial charge in [-0.3, -0.25) is 4.79 Å². The van der Waals surface area contributed by atoms with Crippen molar-refractivity contribution in [1.82, 2.24) is 20.3 Å². The molecule has 6 rings (SSSR count). The monoisotopic (exact) mass is 698 g/mol. The van der Waals surface area contributed by atoms with E-state index in [-0.39, 0.29) is 18.9 Å². The summed E-state index contributed by atoms with van der Waals surface area (Å²) in [7, 11) is 0. The van der Waals surface area contributed by atoms with Gasteiger partial charge in [0.2, 0.25) is 5.91 Å². The van der Waals surface area contributed by atoms with Gasteiger partial charge in [-0.1, -0.05) is 60.7 Å². The summed E-state index contributed by atoms with van der Waals surface area (Å²) < 4.78 is 18.1. The molecule has 8 N–H and O–H groups in total. The fraction of sp³-hybridized carbons (Fsp3) is 0.529. The summed E-state index contributed by atoms with van der Waals surface area (Å²) in [6, 6.07) is 14.2. The van der Waals surface area contributed by atoms with E-state index in [4.69, 9.17) is 14.2 Å². The first-order valence-corrected chi connectivity index (χ1v) is 16.5. The molecule has 1 aliphatic carbocycles. The summed E-state index contributed by atoms with van der Waals surface area (Å²) in [4.78, 5) is 24.8. The Hall–Kier alpha value is -3.84. The minimum atomic E-state index is -2.67. The Balaban J connectivity index is 1.31. The topological polar surface area (TPSA) is 246 Å². The van der Waals surface area contributed by atoms with Crippen LogP contribution in [-0.2, 0) is 36.8 Å². The molecule has 3 heterocycles. The van der Waals surface area contributed by atoms with E-state index >= 15 is 0 Å². The van der Waals surface area contributed by atoms with Gasteiger partial charge in [0.25, 0.3) is 5.79 Å². The summed E-state index contributed by atoms with van der Waals surface area (Å²) in [5, 5.41) is 86.1. The molecule has 2 saturated heterocycles. The van der Waals surface area contributed by atoms with Crippen molar-refractivity contribution in [2.24, 2.45) is 0 Å². The van der Waals surface area contributed by atoms with Crippen LogP contribution in [0.15, 0.2) is 48.5 Å². The number of aliphatic hydroxyl groups is 6. The smallest absolute Gasteiger partial charge is 0.364 e. The van der Waals surface area contributed by atoms with Crippen molar-refractivity contribution in [3.05, 3.63) is 59.7 Å². The van der Waals surface area contributed by atoms with Gasteiger partial charge in [-0.15, -0.1) is 5.10 Å². The summed E-state index contributed by atoms with van der Waals surface area (Å²) in [5.41, 5.74) is 4.95. The molecular formula is C34H42N4O12. The maximum Gasteiger partial charge on any atom is 0.364 e. The van der Waals surface area contributed by atoms with Crippen LogP contribution in [-0.4, -0.2) is 130 Å². The number of ether oxygens (including phenoxy) is 3. The molecule has 0 saturated carbocycles. The van der Waals surface area contributed by atoms with Crippen LogP contribution >= 0.6 is 0 Å². The molecule has 0 radical (unpaired) electrons. The number of aromatic nitrogens is 3. The third-order valence-corrected chi connectivity index (χ3v) is 9.67. The van der Waals surface area contributed by atoms with Crippen LogP contribution in [0.2, 0.25) is 0 Å². The maximum atomic E-state index is 12.7. The summed E-state index contributed by atoms with van der Waals surface area (Å²) >= 11 is 0. The Kier molecular flexibility index (Phi) is 10.4. The van der Waals surface area contributed by atoms with Crippen LogP contribution in [0.1, 0.15) is 43.7 Å². The van der Waals surface area contributed by atoms with E-state index in [2.05, 4.69) is 22.6 Å². The Labute approximate surface area is 286 Å². The second kappa shape index (κ2) is 14.4. The first kappa shape index (κ1) is 36.0. The lowest BCUT2D eigenvalue weighted by atomic mass is 9.83. The van der Waals surface area contributed by atoms with Crippen LogP contribution in [0.4, 0.5) is 0 Å². The highest BCUT2D eigenvalue weighted by molar-refractivity contribution is 5.82. The Morgan fingerprint density at radius 2 is 1.76 bits per heavy atom. The summed E-state index contributed by atoms with van der Waals surface area (Å²) in [6.45, 7) is 2.21. The van der Waals surface area contributed by atoms with E-state index in [9.17, 15) is 45.3 Å². The molecule has 2 aliphatic heterocycles. The fourth-order valence-corrected chi connectivity index (χ4v) is 7.14. The number of benzene rings is 2. The highest BCUT2D eigenvalue weighted by Gasteiger charge is 2.56. The number of carbonyl (C=O) groups excluding carboxylic acids is 1. The minimum Gasteiger partial charge on any atom is -0.477 e. The molecule has 3 aliphatic rings.